The van der Waals surface area contributed by atoms with Crippen LogP contribution < -0.4 is 5.32 Å². The fourth-order valence-electron chi connectivity index (χ4n) is 2.11. The Morgan fingerprint density at radius 1 is 1.56 bits per heavy atom. The minimum atomic E-state index is -1.17. The second kappa shape index (κ2) is 5.21. The van der Waals surface area contributed by atoms with Crippen LogP contribution in [0, 0.1) is 0 Å². The first kappa shape index (κ1) is 13.2. The molecule has 1 fully saturated rings. The largest absolute Gasteiger partial charge is 0.394 e. The number of carbonyl (C=O) groups excluding carboxylic acids is 1. The van der Waals surface area contributed by atoms with Crippen molar-refractivity contribution < 1.29 is 29.6 Å². The van der Waals surface area contributed by atoms with E-state index < -0.39 is 43.4 Å². The number of nitrogens with zero attached hydrogens (tertiary/aromatic N) is 1. The lowest BCUT2D eigenvalue weighted by atomic mass is 10.1. The van der Waals surface area contributed by atoms with Crippen molar-refractivity contribution >= 4 is 6.03 Å². The van der Waals surface area contributed by atoms with Gasteiger partial charge in [-0.05, 0) is 6.08 Å². The van der Waals surface area contributed by atoms with Gasteiger partial charge in [-0.15, -0.1) is 0 Å². The fourth-order valence-corrected chi connectivity index (χ4v) is 2.11. The summed E-state index contributed by atoms with van der Waals surface area (Å²) in [5.74, 6) is 0. The predicted molar refractivity (Wildman–Crippen MR) is 58.1 cm³/mol. The van der Waals surface area contributed by atoms with Gasteiger partial charge in [-0.25, -0.2) is 4.79 Å². The van der Waals surface area contributed by atoms with E-state index in [0.717, 1.165) is 4.90 Å². The standard InChI is InChI=1S/C10H16N2O6/c1-17-8-7(15)5(4-13)18-9(8)12-6(14)2-3-11-10(12)16/h2-3,5-9,13-15H,4H2,1H3,(H,11,16)/t5-,6?,7?,8?,9-/m1/s1. The summed E-state index contributed by atoms with van der Waals surface area (Å²) in [5, 5.41) is 31.1. The Bertz CT molecular complexity index is 349. The van der Waals surface area contributed by atoms with Crippen LogP contribution in [0.5, 0.6) is 0 Å². The van der Waals surface area contributed by atoms with Crippen molar-refractivity contribution in [2.24, 2.45) is 0 Å². The molecule has 0 bridgehead atoms. The van der Waals surface area contributed by atoms with Crippen LogP contribution in [0.25, 0.3) is 0 Å². The number of ether oxygens (including phenoxy) is 2. The van der Waals surface area contributed by atoms with E-state index in [9.17, 15) is 15.0 Å². The van der Waals surface area contributed by atoms with E-state index >= 15 is 0 Å². The monoisotopic (exact) mass is 260 g/mol. The number of rotatable bonds is 3. The van der Waals surface area contributed by atoms with Crippen LogP contribution in [0.1, 0.15) is 0 Å². The van der Waals surface area contributed by atoms with Gasteiger partial charge in [-0.1, -0.05) is 0 Å². The highest BCUT2D eigenvalue weighted by Gasteiger charge is 2.49. The van der Waals surface area contributed by atoms with E-state index in [4.69, 9.17) is 14.6 Å². The van der Waals surface area contributed by atoms with Crippen LogP contribution in [0.4, 0.5) is 4.79 Å². The highest BCUT2D eigenvalue weighted by molar-refractivity contribution is 5.77. The highest BCUT2D eigenvalue weighted by atomic mass is 16.6. The molecule has 0 radical (unpaired) electrons. The Balaban J connectivity index is 2.21. The Hall–Kier alpha value is -1.19. The SMILES string of the molecule is COC1C(O)[C@@H](CO)O[C@H]1N1C(=O)NC=CC1O. The molecule has 2 rings (SSSR count). The normalized spacial score (nSPS) is 40.1. The molecular formula is C10H16N2O6. The molecule has 4 N–H and O–H groups in total. The predicted octanol–water partition coefficient (Wildman–Crippen LogP) is -2.06. The van der Waals surface area contributed by atoms with E-state index in [1.807, 2.05) is 0 Å². The molecular weight excluding hydrogens is 244 g/mol. The van der Waals surface area contributed by atoms with E-state index in [1.54, 1.807) is 0 Å². The van der Waals surface area contributed by atoms with E-state index in [-0.39, 0.29) is 0 Å². The molecule has 18 heavy (non-hydrogen) atoms. The van der Waals surface area contributed by atoms with Gasteiger partial charge in [0.25, 0.3) is 0 Å². The molecule has 0 saturated carbocycles. The smallest absolute Gasteiger partial charge is 0.325 e. The van der Waals surface area contributed by atoms with Crippen molar-refractivity contribution in [3.63, 3.8) is 0 Å². The number of nitrogens with one attached hydrogen (secondary N) is 1. The number of hydrogen-bond acceptors (Lipinski definition) is 6. The zero-order chi connectivity index (χ0) is 13.3. The fraction of sp³-hybridized carbons (Fsp3) is 0.700. The van der Waals surface area contributed by atoms with Gasteiger partial charge in [0.05, 0.1) is 6.61 Å². The molecule has 2 heterocycles. The molecule has 2 amide bonds. The average Bonchev–Trinajstić information content (AvgIpc) is 2.65. The van der Waals surface area contributed by atoms with Gasteiger partial charge in [0.2, 0.25) is 0 Å². The maximum atomic E-state index is 11.7. The average molecular weight is 260 g/mol. The molecule has 0 aliphatic carbocycles. The van der Waals surface area contributed by atoms with Crippen molar-refractivity contribution in [1.82, 2.24) is 10.2 Å². The second-order valence-corrected chi connectivity index (χ2v) is 4.07. The number of aliphatic hydroxyl groups excluding tert-OH is 3. The number of amides is 2. The van der Waals surface area contributed by atoms with Gasteiger partial charge in [0.1, 0.15) is 18.3 Å². The van der Waals surface area contributed by atoms with Gasteiger partial charge in [0, 0.05) is 13.3 Å². The molecule has 2 aliphatic rings. The first-order chi connectivity index (χ1) is 8.60. The van der Waals surface area contributed by atoms with Crippen molar-refractivity contribution in [3.05, 3.63) is 12.3 Å². The highest BCUT2D eigenvalue weighted by Crippen LogP contribution is 2.28. The summed E-state index contributed by atoms with van der Waals surface area (Å²) in [6.07, 6.45) is -2.24. The van der Waals surface area contributed by atoms with Crippen LogP contribution in [0.2, 0.25) is 0 Å². The quantitative estimate of drug-likeness (QED) is 0.464. The number of methoxy groups -OCH3 is 1. The van der Waals surface area contributed by atoms with Gasteiger partial charge in [-0.3, -0.25) is 4.90 Å². The van der Waals surface area contributed by atoms with Gasteiger partial charge in [-0.2, -0.15) is 0 Å². The minimum Gasteiger partial charge on any atom is -0.394 e. The minimum absolute atomic E-state index is 0.404. The Morgan fingerprint density at radius 3 is 2.83 bits per heavy atom. The molecule has 0 aromatic rings. The lowest BCUT2D eigenvalue weighted by Crippen LogP contribution is -2.56. The number of hydrogen-bond donors (Lipinski definition) is 4. The molecule has 0 spiro atoms. The number of urea groups is 1. The molecule has 102 valence electrons. The molecule has 3 unspecified atom stereocenters. The molecule has 5 atom stereocenters. The summed E-state index contributed by atoms with van der Waals surface area (Å²) < 4.78 is 10.4. The Kier molecular flexibility index (Phi) is 3.83. The summed E-state index contributed by atoms with van der Waals surface area (Å²) in [6.45, 7) is -0.404. The summed E-state index contributed by atoms with van der Waals surface area (Å²) in [4.78, 5) is 12.7. The first-order valence-electron chi connectivity index (χ1n) is 5.51. The Labute approximate surface area is 103 Å². The molecule has 0 aromatic carbocycles. The maximum Gasteiger partial charge on any atom is 0.325 e. The van der Waals surface area contributed by atoms with E-state index in [2.05, 4.69) is 5.32 Å². The second-order valence-electron chi connectivity index (χ2n) is 4.07. The summed E-state index contributed by atoms with van der Waals surface area (Å²) >= 11 is 0. The lowest BCUT2D eigenvalue weighted by molar-refractivity contribution is -0.124. The molecule has 1 saturated heterocycles. The topological polar surface area (TPSA) is 111 Å². The zero-order valence-corrected chi connectivity index (χ0v) is 9.76. The number of carbonyl (C=O) groups is 1. The molecule has 8 nitrogen and oxygen atoms in total. The van der Waals surface area contributed by atoms with Crippen molar-refractivity contribution in [1.29, 1.82) is 0 Å². The van der Waals surface area contributed by atoms with Crippen LogP contribution in [0.3, 0.4) is 0 Å². The molecule has 0 aromatic heterocycles. The third kappa shape index (κ3) is 2.08. The van der Waals surface area contributed by atoms with Crippen LogP contribution in [-0.2, 0) is 9.47 Å². The summed E-state index contributed by atoms with van der Waals surface area (Å²) in [6, 6.07) is -0.567. The van der Waals surface area contributed by atoms with Gasteiger partial charge in [0.15, 0.2) is 12.5 Å². The van der Waals surface area contributed by atoms with Gasteiger partial charge < -0.3 is 30.1 Å². The summed E-state index contributed by atoms with van der Waals surface area (Å²) in [5.41, 5.74) is 0. The van der Waals surface area contributed by atoms with Crippen LogP contribution in [0.15, 0.2) is 12.3 Å². The summed E-state index contributed by atoms with van der Waals surface area (Å²) in [7, 11) is 1.36. The molecule has 8 heteroatoms. The van der Waals surface area contributed by atoms with Gasteiger partial charge >= 0.3 is 6.03 Å². The van der Waals surface area contributed by atoms with E-state index in [1.165, 1.54) is 19.4 Å². The Morgan fingerprint density at radius 2 is 2.28 bits per heavy atom. The molecule has 2 aliphatic heterocycles. The van der Waals surface area contributed by atoms with Crippen LogP contribution >= 0.6 is 0 Å². The number of aliphatic hydroxyl groups is 3. The van der Waals surface area contributed by atoms with E-state index in [0.29, 0.717) is 0 Å². The third-order valence-corrected chi connectivity index (χ3v) is 3.03. The van der Waals surface area contributed by atoms with Crippen LogP contribution in [-0.4, -0.2) is 70.7 Å². The third-order valence-electron chi connectivity index (χ3n) is 3.03. The first-order valence-corrected chi connectivity index (χ1v) is 5.51. The van der Waals surface area contributed by atoms with Crippen molar-refractivity contribution in [2.75, 3.05) is 13.7 Å². The lowest BCUT2D eigenvalue weighted by Gasteiger charge is -2.35. The zero-order valence-electron chi connectivity index (χ0n) is 9.76. The van der Waals surface area contributed by atoms with Crippen molar-refractivity contribution in [2.45, 2.75) is 30.8 Å². The van der Waals surface area contributed by atoms with Crippen molar-refractivity contribution in [3.8, 4) is 0 Å². The maximum absolute atomic E-state index is 11.7.